The van der Waals surface area contributed by atoms with Crippen molar-refractivity contribution in [3.05, 3.63) is 35.6 Å². The van der Waals surface area contributed by atoms with Crippen LogP contribution in [-0.2, 0) is 16.1 Å². The first-order chi connectivity index (χ1) is 13.0. The molecule has 144 valence electrons. The molecule has 3 aliphatic rings. The number of nitrogens with one attached hydrogen (secondary N) is 1. The summed E-state index contributed by atoms with van der Waals surface area (Å²) >= 11 is 0. The largest absolute Gasteiger partial charge is 0.338 e. The van der Waals surface area contributed by atoms with Crippen molar-refractivity contribution in [2.75, 3.05) is 13.1 Å². The average Bonchev–Trinajstić information content (AvgIpc) is 3.10. The first kappa shape index (κ1) is 17.9. The zero-order valence-corrected chi connectivity index (χ0v) is 15.2. The van der Waals surface area contributed by atoms with E-state index in [9.17, 15) is 18.8 Å². The molecule has 1 aliphatic carbocycles. The van der Waals surface area contributed by atoms with Crippen LogP contribution in [0.1, 0.15) is 44.1 Å². The Balaban J connectivity index is 1.38. The summed E-state index contributed by atoms with van der Waals surface area (Å²) in [5, 5.41) is 2.91. The summed E-state index contributed by atoms with van der Waals surface area (Å²) in [6.07, 6.45) is 4.73. The molecular weight excluding hydrogens is 349 g/mol. The smallest absolute Gasteiger partial charge is 0.325 e. The Kier molecular flexibility index (Phi) is 4.61. The van der Waals surface area contributed by atoms with Crippen LogP contribution in [0.2, 0.25) is 0 Å². The van der Waals surface area contributed by atoms with Crippen molar-refractivity contribution >= 4 is 17.8 Å². The average molecular weight is 373 g/mol. The highest BCUT2D eigenvalue weighted by Crippen LogP contribution is 2.34. The van der Waals surface area contributed by atoms with E-state index in [1.54, 1.807) is 17.0 Å². The van der Waals surface area contributed by atoms with Crippen LogP contribution in [0.15, 0.2) is 24.3 Å². The van der Waals surface area contributed by atoms with Crippen LogP contribution in [0.5, 0.6) is 0 Å². The molecule has 0 radical (unpaired) electrons. The molecule has 0 aromatic heterocycles. The maximum absolute atomic E-state index is 13.0. The van der Waals surface area contributed by atoms with E-state index in [0.29, 0.717) is 32.4 Å². The predicted octanol–water partition coefficient (Wildman–Crippen LogP) is 2.43. The number of amides is 4. The summed E-state index contributed by atoms with van der Waals surface area (Å²) < 4.78 is 13.0. The van der Waals surface area contributed by atoms with E-state index in [0.717, 1.165) is 24.8 Å². The number of carbonyl (C=O) groups excluding carboxylic acids is 3. The minimum absolute atomic E-state index is 0.00348. The summed E-state index contributed by atoms with van der Waals surface area (Å²) in [5.74, 6) is -0.494. The molecule has 1 unspecified atom stereocenters. The summed E-state index contributed by atoms with van der Waals surface area (Å²) in [7, 11) is 0. The predicted molar refractivity (Wildman–Crippen MR) is 96.0 cm³/mol. The number of nitrogens with zero attached hydrogens (tertiary/aromatic N) is 2. The van der Waals surface area contributed by atoms with Gasteiger partial charge in [-0.1, -0.05) is 31.4 Å². The number of likely N-dealkylation sites (tertiary alicyclic amines) is 1. The summed E-state index contributed by atoms with van der Waals surface area (Å²) in [6, 6.07) is 5.76. The van der Waals surface area contributed by atoms with E-state index in [2.05, 4.69) is 5.32 Å². The number of hydrogen-bond donors (Lipinski definition) is 1. The lowest BCUT2D eigenvalue weighted by atomic mass is 9.81. The summed E-state index contributed by atoms with van der Waals surface area (Å²) in [4.78, 5) is 40.6. The zero-order valence-electron chi connectivity index (χ0n) is 15.2. The van der Waals surface area contributed by atoms with Crippen molar-refractivity contribution in [1.82, 2.24) is 15.1 Å². The van der Waals surface area contributed by atoms with Crippen molar-refractivity contribution in [2.24, 2.45) is 5.92 Å². The summed E-state index contributed by atoms with van der Waals surface area (Å²) in [5.41, 5.74) is 0.146. The van der Waals surface area contributed by atoms with Gasteiger partial charge in [0, 0.05) is 32.0 Å². The topological polar surface area (TPSA) is 69.7 Å². The molecule has 2 aliphatic heterocycles. The molecule has 27 heavy (non-hydrogen) atoms. The van der Waals surface area contributed by atoms with Crippen LogP contribution in [0, 0.1) is 11.7 Å². The van der Waals surface area contributed by atoms with Crippen LogP contribution in [-0.4, -0.2) is 46.3 Å². The van der Waals surface area contributed by atoms with Gasteiger partial charge < -0.3 is 10.2 Å². The third-order valence-corrected chi connectivity index (χ3v) is 5.98. The number of halogens is 1. The van der Waals surface area contributed by atoms with Crippen LogP contribution in [0.4, 0.5) is 9.18 Å². The molecule has 1 aromatic rings. The van der Waals surface area contributed by atoms with E-state index in [-0.39, 0.29) is 36.1 Å². The standard InChI is InChI=1S/C20H24FN3O3/c21-16-6-4-14(5-7-16)11-23-12-15(10-17(23)25)13-24-18(26)20(22-19(24)27)8-2-1-3-9-20/h4-7,15H,1-3,8-13H2,(H,22,27). The maximum atomic E-state index is 13.0. The van der Waals surface area contributed by atoms with Gasteiger partial charge in [0.15, 0.2) is 0 Å². The Morgan fingerprint density at radius 3 is 2.48 bits per heavy atom. The molecule has 4 amide bonds. The molecule has 1 aromatic carbocycles. The summed E-state index contributed by atoms with van der Waals surface area (Å²) in [6.45, 7) is 1.19. The molecule has 3 fully saturated rings. The minimum Gasteiger partial charge on any atom is -0.338 e. The number of imide groups is 1. The van der Waals surface area contributed by atoms with Crippen molar-refractivity contribution in [1.29, 1.82) is 0 Å². The number of carbonyl (C=O) groups is 3. The van der Waals surface area contributed by atoms with Gasteiger partial charge in [0.2, 0.25) is 5.91 Å². The van der Waals surface area contributed by atoms with Gasteiger partial charge >= 0.3 is 6.03 Å². The Morgan fingerprint density at radius 1 is 1.07 bits per heavy atom. The van der Waals surface area contributed by atoms with Crippen molar-refractivity contribution in [3.8, 4) is 0 Å². The molecule has 4 rings (SSSR count). The van der Waals surface area contributed by atoms with Crippen LogP contribution in [0.25, 0.3) is 0 Å². The number of hydrogen-bond acceptors (Lipinski definition) is 3. The van der Waals surface area contributed by atoms with Gasteiger partial charge in [-0.2, -0.15) is 0 Å². The molecule has 1 spiro atoms. The molecule has 0 bridgehead atoms. The number of rotatable bonds is 4. The Labute approximate surface area is 157 Å². The normalized spacial score (nSPS) is 24.8. The Hall–Kier alpha value is -2.44. The van der Waals surface area contributed by atoms with Crippen molar-refractivity contribution < 1.29 is 18.8 Å². The monoisotopic (exact) mass is 373 g/mol. The third-order valence-electron chi connectivity index (χ3n) is 5.98. The van der Waals surface area contributed by atoms with Crippen LogP contribution in [0.3, 0.4) is 0 Å². The fourth-order valence-corrected chi connectivity index (χ4v) is 4.53. The molecule has 1 saturated carbocycles. The van der Waals surface area contributed by atoms with E-state index in [4.69, 9.17) is 0 Å². The molecular formula is C20H24FN3O3. The quantitative estimate of drug-likeness (QED) is 0.824. The highest BCUT2D eigenvalue weighted by molar-refractivity contribution is 6.07. The van der Waals surface area contributed by atoms with Gasteiger partial charge in [0.05, 0.1) is 0 Å². The molecule has 1 atom stereocenters. The Bertz CT molecular complexity index is 758. The highest BCUT2D eigenvalue weighted by atomic mass is 19.1. The van der Waals surface area contributed by atoms with E-state index < -0.39 is 5.54 Å². The first-order valence-electron chi connectivity index (χ1n) is 9.63. The van der Waals surface area contributed by atoms with Crippen LogP contribution >= 0.6 is 0 Å². The van der Waals surface area contributed by atoms with Gasteiger partial charge in [-0.25, -0.2) is 9.18 Å². The van der Waals surface area contributed by atoms with Gasteiger partial charge in [-0.3, -0.25) is 14.5 Å². The van der Waals surface area contributed by atoms with Gasteiger partial charge in [0.25, 0.3) is 5.91 Å². The van der Waals surface area contributed by atoms with E-state index >= 15 is 0 Å². The SMILES string of the molecule is O=C1CC(CN2C(=O)NC3(CCCCC3)C2=O)CN1Cc1ccc(F)cc1. The lowest BCUT2D eigenvalue weighted by Gasteiger charge is -2.30. The van der Waals surface area contributed by atoms with E-state index in [1.165, 1.54) is 17.0 Å². The van der Waals surface area contributed by atoms with E-state index in [1.807, 2.05) is 0 Å². The highest BCUT2D eigenvalue weighted by Gasteiger charge is 2.52. The molecule has 2 heterocycles. The third kappa shape index (κ3) is 3.42. The fourth-order valence-electron chi connectivity index (χ4n) is 4.53. The Morgan fingerprint density at radius 2 is 1.78 bits per heavy atom. The van der Waals surface area contributed by atoms with Crippen molar-refractivity contribution in [2.45, 2.75) is 50.6 Å². The lowest BCUT2D eigenvalue weighted by molar-refractivity contribution is -0.133. The van der Waals surface area contributed by atoms with Gasteiger partial charge in [0.1, 0.15) is 11.4 Å². The molecule has 1 N–H and O–H groups in total. The van der Waals surface area contributed by atoms with Gasteiger partial charge in [-0.05, 0) is 30.5 Å². The molecule has 6 nitrogen and oxygen atoms in total. The maximum Gasteiger partial charge on any atom is 0.325 e. The molecule has 2 saturated heterocycles. The number of urea groups is 1. The fraction of sp³-hybridized carbons (Fsp3) is 0.550. The van der Waals surface area contributed by atoms with Crippen LogP contribution < -0.4 is 5.32 Å². The van der Waals surface area contributed by atoms with Gasteiger partial charge in [-0.15, -0.1) is 0 Å². The lowest BCUT2D eigenvalue weighted by Crippen LogP contribution is -2.48. The minimum atomic E-state index is -0.717. The second kappa shape index (κ2) is 6.94. The molecule has 7 heteroatoms. The second-order valence-electron chi connectivity index (χ2n) is 7.96. The number of benzene rings is 1. The van der Waals surface area contributed by atoms with Crippen molar-refractivity contribution in [3.63, 3.8) is 0 Å². The second-order valence-corrected chi connectivity index (χ2v) is 7.96. The zero-order chi connectivity index (χ0) is 19.0. The first-order valence-corrected chi connectivity index (χ1v) is 9.63.